The molecule has 0 fully saturated rings. The largest absolute Gasteiger partial charge is 0.384 e. The van der Waals surface area contributed by atoms with Gasteiger partial charge in [-0.2, -0.15) is 5.26 Å². The number of nitrogens with zero attached hydrogens (tertiary/aromatic N) is 3. The second kappa shape index (κ2) is 7.58. The van der Waals surface area contributed by atoms with Gasteiger partial charge in [0.2, 0.25) is 5.91 Å². The van der Waals surface area contributed by atoms with Crippen molar-refractivity contribution < 1.29 is 14.0 Å². The summed E-state index contributed by atoms with van der Waals surface area (Å²) in [6, 6.07) is 15.1. The first kappa shape index (κ1) is 22.4. The van der Waals surface area contributed by atoms with E-state index in [0.717, 1.165) is 0 Å². The Morgan fingerprint density at radius 2 is 1.74 bits per heavy atom. The Kier molecular flexibility index (Phi) is 4.86. The average molecular weight is 467 g/mol. The van der Waals surface area contributed by atoms with Crippen LogP contribution < -0.4 is 15.5 Å². The zero-order valence-electron chi connectivity index (χ0n) is 19.4. The standard InChI is InChI=1S/C28H23FN4O2/c1-4-13-32-20-11-7-5-9-17(20)28(26(32)35)18(16-30)25(31)33(21-12-8-6-10-19(21)29)22-14-27(2,3)15-23(34)24(22)28/h1,5-12H,13-15,31H2,2-3H3/t28-/m1/s1. The molecule has 0 radical (unpaired) electrons. The van der Waals surface area contributed by atoms with E-state index in [2.05, 4.69) is 12.0 Å². The SMILES string of the molecule is C#CCN1C(=O)[C@@]2(C(C#N)=C(N)N(c3ccccc3F)C3=C2C(=O)CC(C)(C)C3)c2ccccc21. The van der Waals surface area contributed by atoms with Gasteiger partial charge in [0.25, 0.3) is 0 Å². The van der Waals surface area contributed by atoms with Crippen molar-refractivity contribution >= 4 is 23.1 Å². The van der Waals surface area contributed by atoms with Gasteiger partial charge in [-0.05, 0) is 30.0 Å². The van der Waals surface area contributed by atoms with Crippen LogP contribution >= 0.6 is 0 Å². The van der Waals surface area contributed by atoms with Gasteiger partial charge in [0.05, 0.1) is 17.8 Å². The molecule has 0 saturated carbocycles. The molecule has 0 aromatic heterocycles. The number of amides is 1. The molecule has 2 aliphatic heterocycles. The lowest BCUT2D eigenvalue weighted by atomic mass is 9.60. The van der Waals surface area contributed by atoms with E-state index in [1.807, 2.05) is 13.8 Å². The lowest BCUT2D eigenvalue weighted by Crippen LogP contribution is -2.54. The highest BCUT2D eigenvalue weighted by Gasteiger charge is 2.63. The summed E-state index contributed by atoms with van der Waals surface area (Å²) in [5, 5.41) is 10.4. The van der Waals surface area contributed by atoms with Gasteiger partial charge in [-0.25, -0.2) is 4.39 Å². The third kappa shape index (κ3) is 2.88. The molecule has 6 nitrogen and oxygen atoms in total. The van der Waals surface area contributed by atoms with Crippen molar-refractivity contribution in [1.29, 1.82) is 5.26 Å². The number of carbonyl (C=O) groups is 2. The summed E-state index contributed by atoms with van der Waals surface area (Å²) in [4.78, 5) is 31.0. The molecule has 5 rings (SSSR count). The summed E-state index contributed by atoms with van der Waals surface area (Å²) in [5.41, 5.74) is 6.04. The average Bonchev–Trinajstić information content (AvgIpc) is 3.03. The quantitative estimate of drug-likeness (QED) is 0.678. The van der Waals surface area contributed by atoms with Crippen LogP contribution in [0.3, 0.4) is 0 Å². The van der Waals surface area contributed by atoms with Gasteiger partial charge >= 0.3 is 0 Å². The number of carbonyl (C=O) groups excluding carboxylic acids is 2. The fourth-order valence-electron chi connectivity index (χ4n) is 5.71. The van der Waals surface area contributed by atoms with Gasteiger partial charge in [-0.3, -0.25) is 19.4 Å². The van der Waals surface area contributed by atoms with Gasteiger partial charge in [0, 0.05) is 28.9 Å². The molecule has 2 aromatic carbocycles. The number of ketones is 1. The maximum absolute atomic E-state index is 15.1. The van der Waals surface area contributed by atoms with E-state index in [1.54, 1.807) is 42.5 Å². The topological polar surface area (TPSA) is 90.4 Å². The summed E-state index contributed by atoms with van der Waals surface area (Å²) in [7, 11) is 0. The highest BCUT2D eigenvalue weighted by atomic mass is 19.1. The molecule has 2 heterocycles. The molecular weight excluding hydrogens is 443 g/mol. The molecular formula is C28H23FN4O2. The molecule has 2 N–H and O–H groups in total. The lowest BCUT2D eigenvalue weighted by molar-refractivity contribution is -0.125. The van der Waals surface area contributed by atoms with Crippen molar-refractivity contribution in [1.82, 2.24) is 0 Å². The fraction of sp³-hybridized carbons (Fsp3) is 0.250. The van der Waals surface area contributed by atoms with Crippen LogP contribution in [0.25, 0.3) is 0 Å². The molecule has 3 aliphatic rings. The number of hydrogen-bond donors (Lipinski definition) is 1. The Labute approximate surface area is 203 Å². The van der Waals surface area contributed by atoms with Crippen LogP contribution in [0.4, 0.5) is 15.8 Å². The number of nitriles is 1. The Balaban J connectivity index is 1.93. The first-order valence-electron chi connectivity index (χ1n) is 11.3. The fourth-order valence-corrected chi connectivity index (χ4v) is 5.71. The predicted molar refractivity (Wildman–Crippen MR) is 130 cm³/mol. The monoisotopic (exact) mass is 466 g/mol. The van der Waals surface area contributed by atoms with Gasteiger partial charge in [0.15, 0.2) is 5.78 Å². The summed E-state index contributed by atoms with van der Waals surface area (Å²) in [6.07, 6.45) is 6.10. The van der Waals surface area contributed by atoms with Crippen molar-refractivity contribution in [3.63, 3.8) is 0 Å². The first-order chi connectivity index (χ1) is 16.7. The Hall–Kier alpha value is -4.36. The Morgan fingerprint density at radius 1 is 1.09 bits per heavy atom. The van der Waals surface area contributed by atoms with E-state index in [4.69, 9.17) is 12.2 Å². The minimum absolute atomic E-state index is 0.0322. The zero-order valence-corrected chi connectivity index (χ0v) is 19.4. The number of nitrogens with two attached hydrogens (primary N) is 1. The van der Waals surface area contributed by atoms with Gasteiger partial charge in [0.1, 0.15) is 23.1 Å². The van der Waals surface area contributed by atoms with Gasteiger partial charge in [-0.1, -0.05) is 50.1 Å². The van der Waals surface area contributed by atoms with Crippen LogP contribution in [0, 0.1) is 34.9 Å². The molecule has 0 saturated heterocycles. The van der Waals surface area contributed by atoms with Crippen LogP contribution in [0.1, 0.15) is 32.3 Å². The van der Waals surface area contributed by atoms with E-state index >= 15 is 4.39 Å². The van der Waals surface area contributed by atoms with Crippen molar-refractivity contribution in [3.05, 3.63) is 82.6 Å². The van der Waals surface area contributed by atoms with Crippen molar-refractivity contribution in [2.75, 3.05) is 16.3 Å². The maximum atomic E-state index is 15.1. The van der Waals surface area contributed by atoms with Crippen LogP contribution in [-0.2, 0) is 15.0 Å². The van der Waals surface area contributed by atoms with E-state index in [1.165, 1.54) is 15.9 Å². The Morgan fingerprint density at radius 3 is 2.40 bits per heavy atom. The van der Waals surface area contributed by atoms with Gasteiger partial charge < -0.3 is 5.73 Å². The zero-order chi connectivity index (χ0) is 25.1. The third-order valence-electron chi connectivity index (χ3n) is 6.99. The molecule has 174 valence electrons. The van der Waals surface area contributed by atoms with Crippen LogP contribution in [-0.4, -0.2) is 18.2 Å². The van der Waals surface area contributed by atoms with Crippen LogP contribution in [0.15, 0.2) is 71.2 Å². The summed E-state index contributed by atoms with van der Waals surface area (Å²) < 4.78 is 15.1. The summed E-state index contributed by atoms with van der Waals surface area (Å²) in [6.45, 7) is 3.85. The molecule has 2 aromatic rings. The number of hydrogen-bond acceptors (Lipinski definition) is 5. The normalized spacial score (nSPS) is 22.8. The molecule has 0 unspecified atom stereocenters. The van der Waals surface area contributed by atoms with E-state index in [0.29, 0.717) is 23.4 Å². The van der Waals surface area contributed by atoms with Crippen molar-refractivity contribution in [2.45, 2.75) is 32.1 Å². The number of anilines is 2. The van der Waals surface area contributed by atoms with E-state index in [-0.39, 0.29) is 41.4 Å². The molecule has 1 aliphatic carbocycles. The molecule has 35 heavy (non-hydrogen) atoms. The number of rotatable bonds is 2. The highest BCUT2D eigenvalue weighted by molar-refractivity contribution is 6.21. The smallest absolute Gasteiger partial charge is 0.248 e. The molecule has 1 atom stereocenters. The van der Waals surface area contributed by atoms with E-state index in [9.17, 15) is 14.9 Å². The minimum Gasteiger partial charge on any atom is -0.384 e. The van der Waals surface area contributed by atoms with Crippen molar-refractivity contribution in [3.8, 4) is 18.4 Å². The number of para-hydroxylation sites is 2. The first-order valence-corrected chi connectivity index (χ1v) is 11.3. The number of benzene rings is 2. The maximum Gasteiger partial charge on any atom is 0.248 e. The summed E-state index contributed by atoms with van der Waals surface area (Å²) in [5.74, 6) is 1.10. The second-order valence-corrected chi connectivity index (χ2v) is 9.78. The highest BCUT2D eigenvalue weighted by Crippen LogP contribution is 2.58. The number of terminal acetylenes is 1. The molecule has 7 heteroatoms. The molecule has 1 amide bonds. The number of fused-ring (bicyclic) bond motifs is 3. The molecule has 1 spiro atoms. The van der Waals surface area contributed by atoms with E-state index < -0.39 is 22.6 Å². The minimum atomic E-state index is -1.74. The van der Waals surface area contributed by atoms with Gasteiger partial charge in [-0.15, -0.1) is 6.42 Å². The van der Waals surface area contributed by atoms with Crippen LogP contribution in [0.2, 0.25) is 0 Å². The molecule has 0 bridgehead atoms. The second-order valence-electron chi connectivity index (χ2n) is 9.78. The lowest BCUT2D eigenvalue weighted by Gasteiger charge is -2.46. The number of allylic oxidation sites excluding steroid dienone is 1. The van der Waals surface area contributed by atoms with Crippen molar-refractivity contribution in [2.24, 2.45) is 11.1 Å². The third-order valence-corrected chi connectivity index (χ3v) is 6.99. The predicted octanol–water partition coefficient (Wildman–Crippen LogP) is 3.90. The van der Waals surface area contributed by atoms with Crippen LogP contribution in [0.5, 0.6) is 0 Å². The summed E-state index contributed by atoms with van der Waals surface area (Å²) >= 11 is 0. The Bertz CT molecular complexity index is 1460. The number of Topliss-reactive ketones (excluding diaryl/α,β-unsaturated/α-hetero) is 1. The number of halogens is 1.